The zero-order valence-electron chi connectivity index (χ0n) is 29.6. The smallest absolute Gasteiger partial charge is 0.255 e. The van der Waals surface area contributed by atoms with Crippen molar-refractivity contribution < 1.29 is 37.9 Å². The molecule has 5 amide bonds. The molecule has 0 bridgehead atoms. The Balaban J connectivity index is 1.44. The van der Waals surface area contributed by atoms with Crippen molar-refractivity contribution in [3.8, 4) is 11.1 Å². The number of benzene rings is 2. The highest BCUT2D eigenvalue weighted by atomic mass is 19.1. The molecule has 0 saturated heterocycles. The number of halogens is 2. The van der Waals surface area contributed by atoms with E-state index in [2.05, 4.69) is 10.9 Å². The predicted octanol–water partition coefficient (Wildman–Crippen LogP) is 3.74. The van der Waals surface area contributed by atoms with E-state index in [9.17, 15) is 37.9 Å². The first-order valence-corrected chi connectivity index (χ1v) is 17.2. The maximum Gasteiger partial charge on any atom is 0.255 e. The van der Waals surface area contributed by atoms with Crippen LogP contribution in [0.15, 0.2) is 72.9 Å². The van der Waals surface area contributed by atoms with Crippen molar-refractivity contribution in [2.75, 3.05) is 19.7 Å². The number of carbonyl (C=O) groups excluding carboxylic acids is 5. The number of hydrazine groups is 1. The highest BCUT2D eigenvalue weighted by molar-refractivity contribution is 6.12. The van der Waals surface area contributed by atoms with Crippen molar-refractivity contribution in [3.63, 3.8) is 0 Å². The highest BCUT2D eigenvalue weighted by Crippen LogP contribution is 2.41. The molecule has 4 rings (SSSR count). The van der Waals surface area contributed by atoms with Crippen molar-refractivity contribution in [2.24, 2.45) is 11.1 Å². The lowest BCUT2D eigenvalue weighted by Crippen LogP contribution is -2.51. The second kappa shape index (κ2) is 17.8. The molecule has 1 aliphatic heterocycles. The van der Waals surface area contributed by atoms with E-state index in [1.807, 2.05) is 55.7 Å². The number of aliphatic hydroxyl groups is 1. The quantitative estimate of drug-likeness (QED) is 0.0994. The zero-order valence-corrected chi connectivity index (χ0v) is 29.6. The fraction of sp³-hybridized carbons (Fsp3) is 0.395. The number of nitrogens with one attached hydrogen (secondary N) is 2. The molecule has 3 aromatic rings. The number of nitrogens with two attached hydrogens (primary N) is 1. The summed E-state index contributed by atoms with van der Waals surface area (Å²) in [5, 5.41) is 10.0. The molecular formula is C38H46F2N6O6. The number of aliphatic hydroxyl groups excluding tert-OH is 1. The van der Waals surface area contributed by atoms with Crippen LogP contribution in [0.4, 0.5) is 8.78 Å². The minimum absolute atomic E-state index is 0.0341. The van der Waals surface area contributed by atoms with Crippen molar-refractivity contribution in [3.05, 3.63) is 95.8 Å². The molecule has 2 heterocycles. The molecule has 0 saturated carbocycles. The number of hydrogen-bond donors (Lipinski definition) is 4. The molecule has 0 spiro atoms. The van der Waals surface area contributed by atoms with E-state index in [1.54, 1.807) is 12.3 Å². The number of hydrogen-bond acceptors (Lipinski definition) is 7. The second-order valence-electron chi connectivity index (χ2n) is 13.8. The average Bonchev–Trinajstić information content (AvgIpc) is 3.66. The van der Waals surface area contributed by atoms with E-state index in [1.165, 1.54) is 17.1 Å². The first kappa shape index (κ1) is 39.6. The number of amides is 5. The van der Waals surface area contributed by atoms with Crippen LogP contribution in [0.3, 0.4) is 0 Å². The van der Waals surface area contributed by atoms with E-state index in [0.717, 1.165) is 28.7 Å². The van der Waals surface area contributed by atoms with Crippen LogP contribution in [0.2, 0.25) is 0 Å². The van der Waals surface area contributed by atoms with Crippen LogP contribution in [0.5, 0.6) is 0 Å². The van der Waals surface area contributed by atoms with Gasteiger partial charge < -0.3 is 20.3 Å². The van der Waals surface area contributed by atoms with Crippen LogP contribution in [0.1, 0.15) is 70.2 Å². The van der Waals surface area contributed by atoms with Gasteiger partial charge in [0.25, 0.3) is 17.7 Å². The van der Waals surface area contributed by atoms with Gasteiger partial charge in [-0.05, 0) is 54.5 Å². The molecule has 2 atom stereocenters. The predicted molar refractivity (Wildman–Crippen MR) is 190 cm³/mol. The Morgan fingerprint density at radius 3 is 2.29 bits per heavy atom. The summed E-state index contributed by atoms with van der Waals surface area (Å²) < 4.78 is 31.1. The monoisotopic (exact) mass is 720 g/mol. The minimum atomic E-state index is -1.15. The summed E-state index contributed by atoms with van der Waals surface area (Å²) >= 11 is 0. The molecule has 0 radical (unpaired) electrons. The lowest BCUT2D eigenvalue weighted by Gasteiger charge is -2.41. The molecule has 0 fully saturated rings. The Hall–Kier alpha value is -5.21. The van der Waals surface area contributed by atoms with Gasteiger partial charge in [-0.3, -0.25) is 39.7 Å². The average molecular weight is 721 g/mol. The lowest BCUT2D eigenvalue weighted by atomic mass is 9.82. The molecule has 1 aromatic heterocycles. The second-order valence-corrected chi connectivity index (χ2v) is 13.8. The van der Waals surface area contributed by atoms with Crippen molar-refractivity contribution in [1.29, 1.82) is 0 Å². The first-order chi connectivity index (χ1) is 24.7. The number of nitrogens with zero attached hydrogens (tertiary/aromatic N) is 3. The topological polar surface area (TPSA) is 167 Å². The van der Waals surface area contributed by atoms with Gasteiger partial charge in [-0.15, -0.1) is 0 Å². The molecule has 2 aromatic carbocycles. The maximum atomic E-state index is 15.0. The largest absolute Gasteiger partial charge is 0.387 e. The zero-order chi connectivity index (χ0) is 38.0. The fourth-order valence-corrected chi connectivity index (χ4v) is 6.18. The van der Waals surface area contributed by atoms with Gasteiger partial charge in [-0.2, -0.15) is 0 Å². The molecule has 278 valence electrons. The molecule has 14 heteroatoms. The Morgan fingerprint density at radius 1 is 0.942 bits per heavy atom. The standard InChI is InChI=1S/C38H46F2N6O6/c1-38(2,3)36(31-20-26(28-21-27(39)13-14-29(28)40)23-44(31)22-25-10-6-4-7-11-25)46(35(51)24-47)19-17-30(41)37(52)43-42-32(48)12-8-5-9-18-45-33(49)15-16-34(45)50/h4,6-7,10-11,13-16,20-21,23,30,36,47H,5,8-9,12,17-19,22,24,41H2,1-3H3,(H,42,48)(H,43,52)/t30-,36-/m0/s1. The van der Waals surface area contributed by atoms with Gasteiger partial charge in [0.15, 0.2) is 0 Å². The third-order valence-corrected chi connectivity index (χ3v) is 8.76. The van der Waals surface area contributed by atoms with E-state index in [0.29, 0.717) is 37.1 Å². The SMILES string of the molecule is CC(C)(C)[C@H](c1cc(-c2cc(F)ccc2F)cn1Cc1ccccc1)N(CC[C@H](N)C(=O)NNC(=O)CCCCCN1C(=O)C=CC1=O)C(=O)CO. The van der Waals surface area contributed by atoms with Gasteiger partial charge in [0.2, 0.25) is 11.8 Å². The van der Waals surface area contributed by atoms with Crippen LogP contribution >= 0.6 is 0 Å². The first-order valence-electron chi connectivity index (χ1n) is 17.2. The van der Waals surface area contributed by atoms with Crippen molar-refractivity contribution in [1.82, 2.24) is 25.2 Å². The van der Waals surface area contributed by atoms with Crippen LogP contribution in [0.25, 0.3) is 11.1 Å². The summed E-state index contributed by atoms with van der Waals surface area (Å²) in [6.45, 7) is 5.44. The molecule has 52 heavy (non-hydrogen) atoms. The maximum absolute atomic E-state index is 15.0. The van der Waals surface area contributed by atoms with Gasteiger partial charge in [0.05, 0.1) is 12.1 Å². The van der Waals surface area contributed by atoms with Crippen LogP contribution in [-0.2, 0) is 30.5 Å². The molecule has 0 aliphatic carbocycles. The van der Waals surface area contributed by atoms with Gasteiger partial charge >= 0.3 is 0 Å². The minimum Gasteiger partial charge on any atom is -0.387 e. The third-order valence-electron chi connectivity index (χ3n) is 8.76. The van der Waals surface area contributed by atoms with E-state index in [-0.39, 0.29) is 43.3 Å². The Morgan fingerprint density at radius 2 is 1.63 bits per heavy atom. The summed E-state index contributed by atoms with van der Waals surface area (Å²) in [7, 11) is 0. The van der Waals surface area contributed by atoms with Gasteiger partial charge in [0, 0.05) is 61.2 Å². The number of carbonyl (C=O) groups is 5. The van der Waals surface area contributed by atoms with E-state index in [4.69, 9.17) is 5.73 Å². The van der Waals surface area contributed by atoms with Gasteiger partial charge in [0.1, 0.15) is 18.2 Å². The summed E-state index contributed by atoms with van der Waals surface area (Å²) in [6, 6.07) is 12.5. The number of rotatable bonds is 16. The molecule has 12 nitrogen and oxygen atoms in total. The fourth-order valence-electron chi connectivity index (χ4n) is 6.18. The van der Waals surface area contributed by atoms with Crippen LogP contribution in [-0.4, -0.2) is 74.7 Å². The summed E-state index contributed by atoms with van der Waals surface area (Å²) in [4.78, 5) is 64.4. The molecular weight excluding hydrogens is 674 g/mol. The van der Waals surface area contributed by atoms with E-state index < -0.39 is 53.5 Å². The van der Waals surface area contributed by atoms with Gasteiger partial charge in [-0.25, -0.2) is 8.78 Å². The third kappa shape index (κ3) is 10.4. The Bertz CT molecular complexity index is 1770. The lowest BCUT2D eigenvalue weighted by molar-refractivity contribution is -0.140. The van der Waals surface area contributed by atoms with Gasteiger partial charge in [-0.1, -0.05) is 57.5 Å². The normalized spacial score (nSPS) is 14.0. The highest BCUT2D eigenvalue weighted by Gasteiger charge is 2.37. The van der Waals surface area contributed by atoms with E-state index >= 15 is 0 Å². The van der Waals surface area contributed by atoms with Crippen molar-refractivity contribution in [2.45, 2.75) is 71.5 Å². The van der Waals surface area contributed by atoms with Crippen molar-refractivity contribution >= 4 is 29.5 Å². The summed E-state index contributed by atoms with van der Waals surface area (Å²) in [6.07, 6.45) is 5.76. The Labute approximate surface area is 301 Å². The molecule has 1 aliphatic rings. The Kier molecular flexibility index (Phi) is 13.6. The summed E-state index contributed by atoms with van der Waals surface area (Å²) in [5.41, 5.74) is 12.1. The van der Waals surface area contributed by atoms with Crippen LogP contribution < -0.4 is 16.6 Å². The number of unbranched alkanes of at least 4 members (excludes halogenated alkanes) is 2. The number of aromatic nitrogens is 1. The summed E-state index contributed by atoms with van der Waals surface area (Å²) in [5.74, 6) is -3.70. The van der Waals surface area contributed by atoms with Crippen LogP contribution in [0, 0.1) is 17.0 Å². The molecule has 5 N–H and O–H groups in total. The number of imide groups is 1. The molecule has 0 unspecified atom stereocenters.